The molecule has 0 atom stereocenters. The number of aromatic hydroxyl groups is 1. The van der Waals surface area contributed by atoms with Crippen LogP contribution in [0.25, 0.3) is 0 Å². The fourth-order valence-corrected chi connectivity index (χ4v) is 1.22. The zero-order valence-corrected chi connectivity index (χ0v) is 8.77. The summed E-state index contributed by atoms with van der Waals surface area (Å²) in [4.78, 5) is 21.3. The van der Waals surface area contributed by atoms with Crippen molar-refractivity contribution < 1.29 is 14.8 Å². The summed E-state index contributed by atoms with van der Waals surface area (Å²) in [5.41, 5.74) is -0.217. The van der Waals surface area contributed by atoms with Crippen LogP contribution in [0, 0.1) is 10.1 Å². The second kappa shape index (κ2) is 5.11. The van der Waals surface area contributed by atoms with Crippen LogP contribution < -0.4 is 5.32 Å². The maximum atomic E-state index is 11.3. The molecule has 6 heteroatoms. The first-order valence-electron chi connectivity index (χ1n) is 4.82. The Hall–Kier alpha value is -2.11. The Kier molecular flexibility index (Phi) is 3.82. The monoisotopic (exact) mass is 224 g/mol. The highest BCUT2D eigenvalue weighted by Crippen LogP contribution is 2.28. The molecule has 1 rings (SSSR count). The molecule has 0 aliphatic rings. The molecule has 0 unspecified atom stereocenters. The van der Waals surface area contributed by atoms with Gasteiger partial charge in [-0.1, -0.05) is 6.92 Å². The molecular formula is C10H12N2O4. The van der Waals surface area contributed by atoms with Crippen molar-refractivity contribution in [3.63, 3.8) is 0 Å². The smallest absolute Gasteiger partial charge is 0.296 e. The molecule has 0 radical (unpaired) electrons. The molecule has 1 aromatic rings. The van der Waals surface area contributed by atoms with Crippen molar-refractivity contribution in [3.05, 3.63) is 28.3 Å². The first-order valence-corrected chi connectivity index (χ1v) is 4.82. The Morgan fingerprint density at radius 3 is 2.81 bits per heavy atom. The lowest BCUT2D eigenvalue weighted by molar-refractivity contribution is -0.384. The Balaban J connectivity index is 2.95. The molecule has 6 nitrogen and oxygen atoms in total. The van der Waals surface area contributed by atoms with E-state index in [-0.39, 0.29) is 23.0 Å². The zero-order valence-electron chi connectivity index (χ0n) is 8.77. The van der Waals surface area contributed by atoms with Gasteiger partial charge < -0.3 is 10.4 Å². The van der Waals surface area contributed by atoms with Crippen molar-refractivity contribution in [2.24, 2.45) is 0 Å². The van der Waals surface area contributed by atoms with Gasteiger partial charge in [-0.2, -0.15) is 0 Å². The van der Waals surface area contributed by atoms with E-state index in [1.54, 1.807) is 0 Å². The molecule has 0 bridgehead atoms. The highest BCUT2D eigenvalue weighted by Gasteiger charge is 2.16. The quantitative estimate of drug-likeness (QED) is 0.465. The van der Waals surface area contributed by atoms with Crippen LogP contribution in [-0.4, -0.2) is 15.9 Å². The molecule has 1 amide bonds. The van der Waals surface area contributed by atoms with Crippen molar-refractivity contribution in [1.82, 2.24) is 0 Å². The molecule has 0 aromatic heterocycles. The first-order chi connectivity index (χ1) is 7.54. The van der Waals surface area contributed by atoms with Crippen molar-refractivity contribution in [1.29, 1.82) is 0 Å². The maximum Gasteiger partial charge on any atom is 0.296 e. The summed E-state index contributed by atoms with van der Waals surface area (Å²) in [5, 5.41) is 22.2. The van der Waals surface area contributed by atoms with Crippen molar-refractivity contribution in [2.75, 3.05) is 5.32 Å². The van der Waals surface area contributed by atoms with E-state index in [0.29, 0.717) is 12.8 Å². The fraction of sp³-hybridized carbons (Fsp3) is 0.300. The third-order valence-electron chi connectivity index (χ3n) is 1.93. The van der Waals surface area contributed by atoms with E-state index in [1.807, 2.05) is 6.92 Å². The third kappa shape index (κ3) is 2.94. The number of nitro groups is 1. The first kappa shape index (κ1) is 12.0. The zero-order chi connectivity index (χ0) is 12.1. The summed E-state index contributed by atoms with van der Waals surface area (Å²) in [6.07, 6.45) is 0.968. The number of hydrogen-bond acceptors (Lipinski definition) is 4. The highest BCUT2D eigenvalue weighted by atomic mass is 16.6. The summed E-state index contributed by atoms with van der Waals surface area (Å²) in [6, 6.07) is 3.59. The second-order valence-corrected chi connectivity index (χ2v) is 3.26. The minimum atomic E-state index is -0.652. The maximum absolute atomic E-state index is 11.3. The van der Waals surface area contributed by atoms with E-state index in [0.717, 1.165) is 6.07 Å². The van der Waals surface area contributed by atoms with Gasteiger partial charge in [0.2, 0.25) is 5.91 Å². The number of rotatable bonds is 4. The molecule has 1 aromatic carbocycles. The van der Waals surface area contributed by atoms with Crippen molar-refractivity contribution in [2.45, 2.75) is 19.8 Å². The van der Waals surface area contributed by atoms with Crippen LogP contribution in [-0.2, 0) is 4.79 Å². The molecule has 0 spiro atoms. The summed E-state index contributed by atoms with van der Waals surface area (Å²) < 4.78 is 0. The van der Waals surface area contributed by atoms with Gasteiger partial charge in [-0.05, 0) is 18.6 Å². The van der Waals surface area contributed by atoms with Gasteiger partial charge in [-0.3, -0.25) is 14.9 Å². The standard InChI is InChI=1S/C10H12N2O4/c1-2-3-10(14)11-8-5-4-7(13)6-9(8)12(15)16/h4-6,13H,2-3H2,1H3,(H,11,14). The van der Waals surface area contributed by atoms with E-state index in [9.17, 15) is 14.9 Å². The number of benzene rings is 1. The summed E-state index contributed by atoms with van der Waals surface area (Å²) in [7, 11) is 0. The number of carbonyl (C=O) groups excluding carboxylic acids is 1. The van der Waals surface area contributed by atoms with Gasteiger partial charge in [0.25, 0.3) is 5.69 Å². The Morgan fingerprint density at radius 1 is 1.56 bits per heavy atom. The van der Waals surface area contributed by atoms with E-state index in [1.165, 1.54) is 12.1 Å². The fourth-order valence-electron chi connectivity index (χ4n) is 1.22. The van der Waals surface area contributed by atoms with Gasteiger partial charge in [0, 0.05) is 6.42 Å². The Morgan fingerprint density at radius 2 is 2.25 bits per heavy atom. The van der Waals surface area contributed by atoms with Crippen LogP contribution in [0.15, 0.2) is 18.2 Å². The van der Waals surface area contributed by atoms with E-state index < -0.39 is 4.92 Å². The number of phenols is 1. The molecule has 0 aliphatic heterocycles. The average molecular weight is 224 g/mol. The van der Waals surface area contributed by atoms with Gasteiger partial charge in [0.05, 0.1) is 11.0 Å². The number of anilines is 1. The van der Waals surface area contributed by atoms with E-state index in [4.69, 9.17) is 5.11 Å². The number of amides is 1. The van der Waals surface area contributed by atoms with Crippen LogP contribution in [0.5, 0.6) is 5.75 Å². The molecule has 86 valence electrons. The Bertz CT molecular complexity index is 417. The van der Waals surface area contributed by atoms with Crippen molar-refractivity contribution >= 4 is 17.3 Å². The normalized spacial score (nSPS) is 9.81. The molecule has 0 fully saturated rings. The van der Waals surface area contributed by atoms with Gasteiger partial charge in [0.15, 0.2) is 0 Å². The van der Waals surface area contributed by atoms with Gasteiger partial charge in [-0.25, -0.2) is 0 Å². The van der Waals surface area contributed by atoms with Crippen LogP contribution >= 0.6 is 0 Å². The molecule has 0 saturated heterocycles. The van der Waals surface area contributed by atoms with Gasteiger partial charge in [0.1, 0.15) is 11.4 Å². The minimum absolute atomic E-state index is 0.0984. The molecule has 0 aliphatic carbocycles. The second-order valence-electron chi connectivity index (χ2n) is 3.26. The molecule has 2 N–H and O–H groups in total. The lowest BCUT2D eigenvalue weighted by Gasteiger charge is -2.05. The summed E-state index contributed by atoms with van der Waals surface area (Å²) >= 11 is 0. The third-order valence-corrected chi connectivity index (χ3v) is 1.93. The molecule has 16 heavy (non-hydrogen) atoms. The molecular weight excluding hydrogens is 212 g/mol. The van der Waals surface area contributed by atoms with Crippen LogP contribution in [0.2, 0.25) is 0 Å². The van der Waals surface area contributed by atoms with E-state index >= 15 is 0 Å². The molecule has 0 heterocycles. The average Bonchev–Trinajstić information content (AvgIpc) is 2.20. The van der Waals surface area contributed by atoms with Gasteiger partial charge in [-0.15, -0.1) is 0 Å². The van der Waals surface area contributed by atoms with Crippen LogP contribution in [0.3, 0.4) is 0 Å². The summed E-state index contributed by atoms with van der Waals surface area (Å²) in [6.45, 7) is 1.84. The predicted molar refractivity (Wildman–Crippen MR) is 58.3 cm³/mol. The number of carbonyl (C=O) groups is 1. The number of nitrogens with one attached hydrogen (secondary N) is 1. The number of nitrogens with zero attached hydrogens (tertiary/aromatic N) is 1. The van der Waals surface area contributed by atoms with Crippen LogP contribution in [0.4, 0.5) is 11.4 Å². The topological polar surface area (TPSA) is 92.5 Å². The number of hydrogen-bond donors (Lipinski definition) is 2. The summed E-state index contributed by atoms with van der Waals surface area (Å²) in [5.74, 6) is -0.489. The predicted octanol–water partition coefficient (Wildman–Crippen LogP) is 2.04. The number of nitro benzene ring substituents is 1. The highest BCUT2D eigenvalue weighted by molar-refractivity contribution is 5.93. The lowest BCUT2D eigenvalue weighted by Crippen LogP contribution is -2.11. The minimum Gasteiger partial charge on any atom is -0.508 e. The van der Waals surface area contributed by atoms with Crippen molar-refractivity contribution in [3.8, 4) is 5.75 Å². The van der Waals surface area contributed by atoms with E-state index in [2.05, 4.69) is 5.32 Å². The van der Waals surface area contributed by atoms with Crippen LogP contribution in [0.1, 0.15) is 19.8 Å². The molecule has 0 saturated carbocycles. The number of phenolic OH excluding ortho intramolecular Hbond substituents is 1. The van der Waals surface area contributed by atoms with Gasteiger partial charge >= 0.3 is 0 Å². The Labute approximate surface area is 92.0 Å². The lowest BCUT2D eigenvalue weighted by atomic mass is 10.2. The SMILES string of the molecule is CCCC(=O)Nc1ccc(O)cc1[N+](=O)[O-]. The largest absolute Gasteiger partial charge is 0.508 e.